The van der Waals surface area contributed by atoms with Crippen LogP contribution in [0, 0.1) is 0 Å². The van der Waals surface area contributed by atoms with E-state index in [0.29, 0.717) is 6.54 Å². The Hall–Kier alpha value is -0.820. The van der Waals surface area contributed by atoms with Crippen molar-refractivity contribution in [3.05, 3.63) is 21.3 Å². The summed E-state index contributed by atoms with van der Waals surface area (Å²) in [4.78, 5) is 15.1. The van der Waals surface area contributed by atoms with Crippen molar-refractivity contribution >= 4 is 29.0 Å². The van der Waals surface area contributed by atoms with Crippen molar-refractivity contribution in [1.82, 2.24) is 15.5 Å². The van der Waals surface area contributed by atoms with Crippen molar-refractivity contribution in [2.75, 3.05) is 32.8 Å². The van der Waals surface area contributed by atoms with Gasteiger partial charge in [0, 0.05) is 30.6 Å². The van der Waals surface area contributed by atoms with Crippen molar-refractivity contribution < 1.29 is 9.53 Å². The molecule has 112 valence electrons. The predicted molar refractivity (Wildman–Crippen MR) is 81.4 cm³/mol. The zero-order valence-corrected chi connectivity index (χ0v) is 13.1. The first kappa shape index (κ1) is 15.6. The molecular formula is C13H20ClN3O2S. The molecule has 1 aromatic rings. The molecule has 7 heteroatoms. The number of rotatable bonds is 5. The van der Waals surface area contributed by atoms with E-state index in [0.717, 1.165) is 42.1 Å². The Balaban J connectivity index is 1.65. The molecule has 20 heavy (non-hydrogen) atoms. The van der Waals surface area contributed by atoms with Gasteiger partial charge in [-0.15, -0.1) is 11.3 Å². The van der Waals surface area contributed by atoms with Crippen LogP contribution in [0.4, 0.5) is 4.79 Å². The van der Waals surface area contributed by atoms with E-state index < -0.39 is 0 Å². The van der Waals surface area contributed by atoms with E-state index in [1.54, 1.807) is 0 Å². The Morgan fingerprint density at radius 1 is 1.50 bits per heavy atom. The molecule has 0 radical (unpaired) electrons. The zero-order valence-electron chi connectivity index (χ0n) is 11.5. The first-order valence-electron chi connectivity index (χ1n) is 6.72. The van der Waals surface area contributed by atoms with Gasteiger partial charge in [-0.1, -0.05) is 11.6 Å². The van der Waals surface area contributed by atoms with Gasteiger partial charge in [-0.2, -0.15) is 0 Å². The van der Waals surface area contributed by atoms with Gasteiger partial charge in [-0.3, -0.25) is 4.90 Å². The molecule has 5 nitrogen and oxygen atoms in total. The third-order valence-corrected chi connectivity index (χ3v) is 4.30. The molecule has 0 aromatic carbocycles. The molecule has 0 aliphatic carbocycles. The van der Waals surface area contributed by atoms with Gasteiger partial charge in [0.2, 0.25) is 0 Å². The van der Waals surface area contributed by atoms with Crippen LogP contribution in [-0.4, -0.2) is 49.8 Å². The number of thiophene rings is 1. The molecule has 2 amide bonds. The van der Waals surface area contributed by atoms with Crippen molar-refractivity contribution in [2.24, 2.45) is 0 Å². The van der Waals surface area contributed by atoms with Crippen LogP contribution in [0.2, 0.25) is 4.34 Å². The molecule has 2 rings (SSSR count). The average Bonchev–Trinajstić information content (AvgIpc) is 2.83. The summed E-state index contributed by atoms with van der Waals surface area (Å²) in [7, 11) is 0. The summed E-state index contributed by atoms with van der Waals surface area (Å²) in [6.45, 7) is 6.78. The highest BCUT2D eigenvalue weighted by Gasteiger charge is 2.15. The van der Waals surface area contributed by atoms with Gasteiger partial charge < -0.3 is 15.4 Å². The number of hydrogen-bond acceptors (Lipinski definition) is 4. The Labute approximate surface area is 128 Å². The maximum Gasteiger partial charge on any atom is 0.315 e. The third-order valence-electron chi connectivity index (χ3n) is 3.07. The maximum atomic E-state index is 11.8. The van der Waals surface area contributed by atoms with Crippen LogP contribution in [0.5, 0.6) is 0 Å². The fourth-order valence-electron chi connectivity index (χ4n) is 2.11. The van der Waals surface area contributed by atoms with E-state index in [4.69, 9.17) is 16.3 Å². The lowest BCUT2D eigenvalue weighted by molar-refractivity contribution is 0.0349. The molecule has 1 aliphatic heterocycles. The minimum absolute atomic E-state index is 0.111. The number of carbonyl (C=O) groups is 1. The zero-order chi connectivity index (χ0) is 14.4. The molecule has 1 aromatic heterocycles. The van der Waals surface area contributed by atoms with Crippen LogP contribution in [0.25, 0.3) is 0 Å². The van der Waals surface area contributed by atoms with Crippen LogP contribution in [0.3, 0.4) is 0 Å². The Kier molecular flexibility index (Phi) is 6.09. The fraction of sp³-hybridized carbons (Fsp3) is 0.615. The summed E-state index contributed by atoms with van der Waals surface area (Å²) in [5, 5.41) is 5.78. The molecule has 0 spiro atoms. The van der Waals surface area contributed by atoms with Crippen molar-refractivity contribution in [3.63, 3.8) is 0 Å². The Bertz CT molecular complexity index is 435. The van der Waals surface area contributed by atoms with E-state index in [2.05, 4.69) is 15.5 Å². The minimum Gasteiger partial charge on any atom is -0.379 e. The number of carbonyl (C=O) groups excluding carboxylic acids is 1. The molecule has 1 atom stereocenters. The first-order chi connectivity index (χ1) is 9.63. The molecule has 0 bridgehead atoms. The summed E-state index contributed by atoms with van der Waals surface area (Å²) in [6, 6.07) is 3.72. The number of hydrogen-bond donors (Lipinski definition) is 2. The second kappa shape index (κ2) is 7.83. The van der Waals surface area contributed by atoms with E-state index in [1.165, 1.54) is 11.3 Å². The quantitative estimate of drug-likeness (QED) is 0.872. The summed E-state index contributed by atoms with van der Waals surface area (Å²) in [6.07, 6.45) is 0. The maximum absolute atomic E-state index is 11.8. The first-order valence-corrected chi connectivity index (χ1v) is 7.91. The van der Waals surface area contributed by atoms with E-state index >= 15 is 0 Å². The minimum atomic E-state index is -0.143. The molecule has 0 saturated carbocycles. The van der Waals surface area contributed by atoms with Gasteiger partial charge in [-0.05, 0) is 19.1 Å². The van der Waals surface area contributed by atoms with Crippen molar-refractivity contribution in [2.45, 2.75) is 19.5 Å². The Morgan fingerprint density at radius 3 is 2.90 bits per heavy atom. The lowest BCUT2D eigenvalue weighted by Gasteiger charge is -2.29. The van der Waals surface area contributed by atoms with Crippen LogP contribution in [-0.2, 0) is 11.3 Å². The van der Waals surface area contributed by atoms with Crippen LogP contribution >= 0.6 is 22.9 Å². The van der Waals surface area contributed by atoms with Crippen molar-refractivity contribution in [3.8, 4) is 0 Å². The van der Waals surface area contributed by atoms with Crippen LogP contribution in [0.15, 0.2) is 12.1 Å². The van der Waals surface area contributed by atoms with Gasteiger partial charge >= 0.3 is 6.03 Å². The molecule has 2 heterocycles. The van der Waals surface area contributed by atoms with Gasteiger partial charge in [0.1, 0.15) is 0 Å². The monoisotopic (exact) mass is 317 g/mol. The lowest BCUT2D eigenvalue weighted by Crippen LogP contribution is -2.48. The van der Waals surface area contributed by atoms with Crippen LogP contribution in [0.1, 0.15) is 11.8 Å². The number of nitrogens with one attached hydrogen (secondary N) is 2. The molecule has 1 saturated heterocycles. The van der Waals surface area contributed by atoms with Crippen molar-refractivity contribution in [1.29, 1.82) is 0 Å². The number of morpholine rings is 1. The number of urea groups is 1. The van der Waals surface area contributed by atoms with Gasteiger partial charge in [0.05, 0.1) is 24.1 Å². The molecule has 1 aliphatic rings. The van der Waals surface area contributed by atoms with Crippen LogP contribution < -0.4 is 10.6 Å². The summed E-state index contributed by atoms with van der Waals surface area (Å²) < 4.78 is 6.04. The smallest absolute Gasteiger partial charge is 0.315 e. The number of ether oxygens (including phenoxy) is 1. The number of halogens is 1. The van der Waals surface area contributed by atoms with Gasteiger partial charge in [-0.25, -0.2) is 4.79 Å². The van der Waals surface area contributed by atoms with Gasteiger partial charge in [0.25, 0.3) is 0 Å². The van der Waals surface area contributed by atoms with E-state index in [-0.39, 0.29) is 12.1 Å². The summed E-state index contributed by atoms with van der Waals surface area (Å²) in [5.74, 6) is 0. The largest absolute Gasteiger partial charge is 0.379 e. The standard InChI is InChI=1S/C13H20ClN3O2S/c1-10(9-17-4-6-19-7-5-17)16-13(18)15-8-11-2-3-12(14)20-11/h2-3,10H,4-9H2,1H3,(H2,15,16,18)/t10-/m0/s1. The number of amides is 2. The highest BCUT2D eigenvalue weighted by atomic mass is 35.5. The van der Waals surface area contributed by atoms with E-state index in [1.807, 2.05) is 19.1 Å². The summed E-state index contributed by atoms with van der Waals surface area (Å²) in [5.41, 5.74) is 0. The molecular weight excluding hydrogens is 298 g/mol. The normalized spacial score (nSPS) is 17.7. The van der Waals surface area contributed by atoms with E-state index in [9.17, 15) is 4.79 Å². The third kappa shape index (κ3) is 5.28. The highest BCUT2D eigenvalue weighted by Crippen LogP contribution is 2.20. The van der Waals surface area contributed by atoms with Gasteiger partial charge in [0.15, 0.2) is 0 Å². The Morgan fingerprint density at radius 2 is 2.25 bits per heavy atom. The lowest BCUT2D eigenvalue weighted by atomic mass is 10.3. The molecule has 2 N–H and O–H groups in total. The second-order valence-corrected chi connectivity index (χ2v) is 6.65. The SMILES string of the molecule is C[C@@H](CN1CCOCC1)NC(=O)NCc1ccc(Cl)s1. The fourth-order valence-corrected chi connectivity index (χ4v) is 3.13. The highest BCUT2D eigenvalue weighted by molar-refractivity contribution is 7.16. The molecule has 0 unspecified atom stereocenters. The topological polar surface area (TPSA) is 53.6 Å². The average molecular weight is 318 g/mol. The second-order valence-electron chi connectivity index (χ2n) is 4.85. The predicted octanol–water partition coefficient (Wildman–Crippen LogP) is 1.92. The molecule has 1 fully saturated rings. The number of nitrogens with zero attached hydrogens (tertiary/aromatic N) is 1. The summed E-state index contributed by atoms with van der Waals surface area (Å²) >= 11 is 7.32.